The Morgan fingerprint density at radius 2 is 2.08 bits per heavy atom. The van der Waals surface area contributed by atoms with Gasteiger partial charge in [0.2, 0.25) is 16.3 Å². The van der Waals surface area contributed by atoms with Gasteiger partial charge in [0.15, 0.2) is 0 Å². The molecule has 2 unspecified atom stereocenters. The van der Waals surface area contributed by atoms with Gasteiger partial charge in [0, 0.05) is 6.54 Å². The van der Waals surface area contributed by atoms with Crippen molar-refractivity contribution in [1.82, 2.24) is 5.32 Å². The molecule has 0 radical (unpaired) electrons. The molecule has 68 valence electrons. The molecule has 1 saturated heterocycles. The zero-order valence-electron chi connectivity index (χ0n) is 8.23. The summed E-state index contributed by atoms with van der Waals surface area (Å²) in [4.78, 5) is 0. The minimum atomic E-state index is 0.749. The van der Waals surface area contributed by atoms with Crippen LogP contribution in [0.15, 0.2) is 0 Å². The average Bonchev–Trinajstić information content (AvgIpc) is 2.42. The zero-order chi connectivity index (χ0) is 8.44. The molecule has 0 aromatic heterocycles. The molecular formula is C10H20AlN. The van der Waals surface area contributed by atoms with Crippen LogP contribution in [0.5, 0.6) is 0 Å². The highest BCUT2D eigenvalue weighted by molar-refractivity contribution is 6.11. The Morgan fingerprint density at radius 3 is 2.83 bits per heavy atom. The van der Waals surface area contributed by atoms with Gasteiger partial charge >= 0.3 is 0 Å². The van der Waals surface area contributed by atoms with Crippen molar-refractivity contribution in [3.8, 4) is 0 Å². The molecule has 2 fully saturated rings. The molecule has 0 amide bonds. The molecule has 2 heteroatoms. The topological polar surface area (TPSA) is 12.0 Å². The molecule has 1 N–H and O–H groups in total. The van der Waals surface area contributed by atoms with Crippen molar-refractivity contribution in [2.24, 2.45) is 5.41 Å². The van der Waals surface area contributed by atoms with E-state index < -0.39 is 0 Å². The van der Waals surface area contributed by atoms with Crippen LogP contribution in [0, 0.1) is 5.41 Å². The third-order valence-electron chi connectivity index (χ3n) is 3.90. The third-order valence-corrected chi connectivity index (χ3v) is 5.06. The molecule has 1 heterocycles. The van der Waals surface area contributed by atoms with Crippen LogP contribution in [0.2, 0.25) is 4.78 Å². The van der Waals surface area contributed by atoms with E-state index in [0.29, 0.717) is 0 Å². The van der Waals surface area contributed by atoms with E-state index in [2.05, 4.69) is 5.32 Å². The normalized spacial score (nSPS) is 43.2. The first kappa shape index (κ1) is 9.06. The Balaban J connectivity index is 1.97. The van der Waals surface area contributed by atoms with Gasteiger partial charge in [0.25, 0.3) is 0 Å². The summed E-state index contributed by atoms with van der Waals surface area (Å²) in [6.45, 7) is 2.60. The molecule has 2 rings (SSSR count). The molecule has 0 aromatic rings. The first-order valence-electron chi connectivity index (χ1n) is 5.52. The summed E-state index contributed by atoms with van der Waals surface area (Å²) in [6.07, 6.45) is 9.08. The van der Waals surface area contributed by atoms with Crippen LogP contribution in [-0.2, 0) is 0 Å². The summed E-state index contributed by atoms with van der Waals surface area (Å²) < 4.78 is 1.13. The SMILES string of the molecule is [AlH2][CH]1CCCC2(CCNC2)CC1. The minimum Gasteiger partial charge on any atom is -0.316 e. The zero-order valence-corrected chi connectivity index (χ0v) is 10.2. The van der Waals surface area contributed by atoms with Gasteiger partial charge < -0.3 is 5.32 Å². The molecule has 12 heavy (non-hydrogen) atoms. The van der Waals surface area contributed by atoms with Crippen molar-refractivity contribution < 1.29 is 0 Å². The molecule has 1 nitrogen and oxygen atoms in total. The van der Waals surface area contributed by atoms with Gasteiger partial charge in [-0.15, -0.1) is 0 Å². The van der Waals surface area contributed by atoms with Crippen molar-refractivity contribution in [1.29, 1.82) is 0 Å². The van der Waals surface area contributed by atoms with Crippen LogP contribution in [-0.4, -0.2) is 29.4 Å². The van der Waals surface area contributed by atoms with E-state index in [0.717, 1.165) is 10.2 Å². The van der Waals surface area contributed by atoms with E-state index in [1.807, 2.05) is 0 Å². The monoisotopic (exact) mass is 181 g/mol. The second kappa shape index (κ2) is 3.70. The Hall–Kier alpha value is 0.492. The van der Waals surface area contributed by atoms with E-state index in [9.17, 15) is 0 Å². The number of nitrogens with one attached hydrogen (secondary N) is 1. The largest absolute Gasteiger partial charge is 0.316 e. The second-order valence-electron chi connectivity index (χ2n) is 4.96. The maximum Gasteiger partial charge on any atom is 0.216 e. The Kier molecular flexibility index (Phi) is 2.79. The lowest BCUT2D eigenvalue weighted by atomic mass is 9.80. The first-order chi connectivity index (χ1) is 5.81. The number of hydrogen-bond donors (Lipinski definition) is 1. The summed E-state index contributed by atoms with van der Waals surface area (Å²) in [5.74, 6) is 0. The summed E-state index contributed by atoms with van der Waals surface area (Å²) in [5, 5.41) is 3.54. The Labute approximate surface area is 83.7 Å². The first-order valence-corrected chi connectivity index (χ1v) is 6.67. The molecule has 0 bridgehead atoms. The van der Waals surface area contributed by atoms with Crippen molar-refractivity contribution in [2.45, 2.75) is 43.3 Å². The predicted octanol–water partition coefficient (Wildman–Crippen LogP) is 1.35. The molecule has 1 spiro atoms. The predicted molar refractivity (Wildman–Crippen MR) is 55.3 cm³/mol. The van der Waals surface area contributed by atoms with Crippen LogP contribution in [0.3, 0.4) is 0 Å². The van der Waals surface area contributed by atoms with Crippen molar-refractivity contribution in [3.05, 3.63) is 0 Å². The molecule has 2 aliphatic rings. The minimum absolute atomic E-state index is 0.749. The molecule has 1 aliphatic carbocycles. The summed E-state index contributed by atoms with van der Waals surface area (Å²) in [6, 6.07) is 0. The summed E-state index contributed by atoms with van der Waals surface area (Å²) >= 11 is 1.43. The van der Waals surface area contributed by atoms with E-state index in [-0.39, 0.29) is 0 Å². The fraction of sp³-hybridized carbons (Fsp3) is 1.00. The second-order valence-corrected chi connectivity index (χ2v) is 6.60. The maximum absolute atomic E-state index is 3.54. The highest BCUT2D eigenvalue weighted by Crippen LogP contribution is 2.41. The van der Waals surface area contributed by atoms with Gasteiger partial charge in [-0.1, -0.05) is 24.0 Å². The van der Waals surface area contributed by atoms with Crippen molar-refractivity contribution in [3.63, 3.8) is 0 Å². The summed E-state index contributed by atoms with van der Waals surface area (Å²) in [7, 11) is 0. The highest BCUT2D eigenvalue weighted by atomic mass is 27.0. The fourth-order valence-electron chi connectivity index (χ4n) is 2.87. The molecule has 1 saturated carbocycles. The van der Waals surface area contributed by atoms with Crippen LogP contribution >= 0.6 is 0 Å². The quantitative estimate of drug-likeness (QED) is 0.556. The van der Waals surface area contributed by atoms with E-state index >= 15 is 0 Å². The standard InChI is InChI=1S/C10H18N.Al.2H/c1-2-4-6-10(5-3-1)7-8-11-9-10;;;/h1,11H,2-9H2;;;. The smallest absolute Gasteiger partial charge is 0.216 e. The van der Waals surface area contributed by atoms with E-state index in [4.69, 9.17) is 0 Å². The van der Waals surface area contributed by atoms with Crippen LogP contribution < -0.4 is 5.32 Å². The molecule has 2 atom stereocenters. The third kappa shape index (κ3) is 1.87. The lowest BCUT2D eigenvalue weighted by Crippen LogP contribution is -2.22. The lowest BCUT2D eigenvalue weighted by molar-refractivity contribution is 0.277. The molecular weight excluding hydrogens is 161 g/mol. The Bertz CT molecular complexity index is 152. The number of rotatable bonds is 0. The van der Waals surface area contributed by atoms with Gasteiger partial charge in [-0.25, -0.2) is 0 Å². The maximum atomic E-state index is 3.54. The van der Waals surface area contributed by atoms with Gasteiger partial charge in [0.1, 0.15) is 0 Å². The van der Waals surface area contributed by atoms with E-state index in [1.54, 1.807) is 0 Å². The average molecular weight is 181 g/mol. The van der Waals surface area contributed by atoms with Gasteiger partial charge in [0.05, 0.1) is 0 Å². The van der Waals surface area contributed by atoms with Crippen molar-refractivity contribution in [2.75, 3.05) is 13.1 Å². The van der Waals surface area contributed by atoms with Gasteiger partial charge in [-0.05, 0) is 31.2 Å². The summed E-state index contributed by atoms with van der Waals surface area (Å²) in [5.41, 5.74) is 0.749. The van der Waals surface area contributed by atoms with E-state index in [1.165, 1.54) is 67.9 Å². The van der Waals surface area contributed by atoms with Crippen LogP contribution in [0.4, 0.5) is 0 Å². The lowest BCUT2D eigenvalue weighted by Gasteiger charge is -2.26. The molecule has 0 aromatic carbocycles. The van der Waals surface area contributed by atoms with Crippen molar-refractivity contribution >= 4 is 16.3 Å². The van der Waals surface area contributed by atoms with Crippen LogP contribution in [0.25, 0.3) is 0 Å². The van der Waals surface area contributed by atoms with Crippen LogP contribution in [0.1, 0.15) is 38.5 Å². The number of hydrogen-bond acceptors (Lipinski definition) is 1. The van der Waals surface area contributed by atoms with Gasteiger partial charge in [-0.3, -0.25) is 0 Å². The molecule has 1 aliphatic heterocycles. The fourth-order valence-corrected chi connectivity index (χ4v) is 3.57. The Morgan fingerprint density at radius 1 is 1.17 bits per heavy atom. The van der Waals surface area contributed by atoms with Gasteiger partial charge in [-0.2, -0.15) is 0 Å². The highest BCUT2D eigenvalue weighted by Gasteiger charge is 2.34.